The third-order valence-corrected chi connectivity index (χ3v) is 6.19. The maximum absolute atomic E-state index is 12.4. The molecule has 0 bridgehead atoms. The quantitative estimate of drug-likeness (QED) is 0.774. The number of carbonyl (C=O) groups is 2. The summed E-state index contributed by atoms with van der Waals surface area (Å²) >= 11 is 12.7. The minimum atomic E-state index is -3.85. The van der Waals surface area contributed by atoms with Crippen molar-refractivity contribution in [2.45, 2.75) is 11.4 Å². The number of halogens is 2. The molecule has 6 nitrogen and oxygen atoms in total. The van der Waals surface area contributed by atoms with Crippen LogP contribution in [0.5, 0.6) is 0 Å². The van der Waals surface area contributed by atoms with Gasteiger partial charge in [-0.2, -0.15) is 0 Å². The first-order valence-electron chi connectivity index (χ1n) is 7.29. The van der Waals surface area contributed by atoms with Crippen molar-refractivity contribution < 1.29 is 18.0 Å². The van der Waals surface area contributed by atoms with Gasteiger partial charge in [-0.1, -0.05) is 47.1 Å². The monoisotopic (exact) mass is 430 g/mol. The molecule has 0 spiro atoms. The molecule has 1 heterocycles. The molecule has 1 aliphatic rings. The molecule has 2 aromatic carbocycles. The van der Waals surface area contributed by atoms with Gasteiger partial charge in [0.05, 0.1) is 17.2 Å². The Bertz CT molecular complexity index is 942. The van der Waals surface area contributed by atoms with Crippen molar-refractivity contribution in [3.63, 3.8) is 0 Å². The number of rotatable bonds is 5. The molecular weight excluding hydrogens is 419 g/mol. The zero-order valence-corrected chi connectivity index (χ0v) is 16.3. The van der Waals surface area contributed by atoms with E-state index in [0.717, 1.165) is 16.7 Å². The van der Waals surface area contributed by atoms with E-state index < -0.39 is 10.0 Å². The van der Waals surface area contributed by atoms with Gasteiger partial charge in [-0.15, -0.1) is 0 Å². The van der Waals surface area contributed by atoms with Crippen molar-refractivity contribution in [3.05, 3.63) is 58.1 Å². The van der Waals surface area contributed by atoms with Crippen molar-refractivity contribution in [2.75, 3.05) is 10.5 Å². The molecule has 0 atom stereocenters. The fourth-order valence-electron chi connectivity index (χ4n) is 2.29. The number of nitrogens with one attached hydrogen (secondary N) is 1. The van der Waals surface area contributed by atoms with Crippen LogP contribution in [0.25, 0.3) is 0 Å². The lowest BCUT2D eigenvalue weighted by Crippen LogP contribution is -2.27. The van der Waals surface area contributed by atoms with E-state index in [2.05, 4.69) is 4.72 Å². The molecule has 1 N–H and O–H groups in total. The molecule has 1 aliphatic heterocycles. The molecule has 3 rings (SSSR count). The molecule has 1 fully saturated rings. The Hall–Kier alpha value is -1.74. The van der Waals surface area contributed by atoms with Crippen LogP contribution in [0.1, 0.15) is 5.56 Å². The number of carbonyl (C=O) groups excluding carboxylic acids is 2. The summed E-state index contributed by atoms with van der Waals surface area (Å²) in [4.78, 5) is 24.3. The molecule has 0 saturated carbocycles. The van der Waals surface area contributed by atoms with Gasteiger partial charge in [0.15, 0.2) is 0 Å². The van der Waals surface area contributed by atoms with Gasteiger partial charge in [0, 0.05) is 15.7 Å². The fourth-order valence-corrected chi connectivity index (χ4v) is 4.80. The van der Waals surface area contributed by atoms with Crippen LogP contribution in [0.4, 0.5) is 10.5 Å². The van der Waals surface area contributed by atoms with E-state index in [4.69, 9.17) is 23.2 Å². The summed E-state index contributed by atoms with van der Waals surface area (Å²) in [5.74, 6) is -0.0820. The SMILES string of the molecule is O=C1CSC(=O)N1Cc1ccc(NS(=O)(=O)c2cc(Cl)cc(Cl)c2)cc1. The largest absolute Gasteiger partial charge is 0.289 e. The van der Waals surface area contributed by atoms with Gasteiger partial charge in [0.25, 0.3) is 15.3 Å². The number of hydrogen-bond acceptors (Lipinski definition) is 5. The average Bonchev–Trinajstić information content (AvgIpc) is 2.87. The number of benzene rings is 2. The van der Waals surface area contributed by atoms with Crippen LogP contribution < -0.4 is 4.72 Å². The van der Waals surface area contributed by atoms with E-state index >= 15 is 0 Å². The van der Waals surface area contributed by atoms with Crippen molar-refractivity contribution in [2.24, 2.45) is 0 Å². The molecular formula is C16H12Cl2N2O4S2. The topological polar surface area (TPSA) is 83.6 Å². The molecule has 26 heavy (non-hydrogen) atoms. The summed E-state index contributed by atoms with van der Waals surface area (Å²) in [7, 11) is -3.85. The van der Waals surface area contributed by atoms with Crippen molar-refractivity contribution in [3.8, 4) is 0 Å². The molecule has 0 aromatic heterocycles. The molecule has 136 valence electrons. The highest BCUT2D eigenvalue weighted by Crippen LogP contribution is 2.25. The number of anilines is 1. The molecule has 1 saturated heterocycles. The zero-order chi connectivity index (χ0) is 18.9. The number of imide groups is 1. The summed E-state index contributed by atoms with van der Waals surface area (Å²) in [6.07, 6.45) is 0. The number of nitrogens with zero attached hydrogens (tertiary/aromatic N) is 1. The first-order valence-corrected chi connectivity index (χ1v) is 10.5. The maximum atomic E-state index is 12.4. The van der Waals surface area contributed by atoms with Crippen LogP contribution in [0.2, 0.25) is 10.0 Å². The van der Waals surface area contributed by atoms with Gasteiger partial charge < -0.3 is 0 Å². The predicted molar refractivity (Wildman–Crippen MR) is 102 cm³/mol. The highest BCUT2D eigenvalue weighted by atomic mass is 35.5. The first kappa shape index (κ1) is 19.0. The van der Waals surface area contributed by atoms with E-state index in [-0.39, 0.29) is 38.4 Å². The smallest absolute Gasteiger partial charge is 0.280 e. The standard InChI is InChI=1S/C16H12Cl2N2O4S2/c17-11-5-12(18)7-14(6-11)26(23,24)19-13-3-1-10(2-4-13)8-20-15(21)9-25-16(20)22/h1-7,19H,8-9H2. The molecule has 2 aromatic rings. The predicted octanol–water partition coefficient (Wildman–Crippen LogP) is 3.99. The number of sulfonamides is 1. The summed E-state index contributed by atoms with van der Waals surface area (Å²) in [5.41, 5.74) is 1.04. The van der Waals surface area contributed by atoms with Crippen LogP contribution >= 0.6 is 35.0 Å². The minimum absolute atomic E-state index is 0.0515. The van der Waals surface area contributed by atoms with Crippen LogP contribution in [0, 0.1) is 0 Å². The lowest BCUT2D eigenvalue weighted by atomic mass is 10.2. The normalized spacial score (nSPS) is 14.8. The molecule has 0 radical (unpaired) electrons. The van der Waals surface area contributed by atoms with Crippen LogP contribution in [-0.2, 0) is 21.4 Å². The van der Waals surface area contributed by atoms with Gasteiger partial charge in [0.2, 0.25) is 5.91 Å². The minimum Gasteiger partial charge on any atom is -0.280 e. The van der Waals surface area contributed by atoms with Gasteiger partial charge in [0.1, 0.15) is 0 Å². The Morgan fingerprint density at radius 3 is 2.19 bits per heavy atom. The van der Waals surface area contributed by atoms with Gasteiger partial charge in [-0.3, -0.25) is 19.2 Å². The van der Waals surface area contributed by atoms with Crippen LogP contribution in [-0.4, -0.2) is 30.2 Å². The van der Waals surface area contributed by atoms with E-state index in [1.807, 2.05) is 0 Å². The average molecular weight is 431 g/mol. The van der Waals surface area contributed by atoms with Crippen molar-refractivity contribution in [1.29, 1.82) is 0 Å². The Labute approximate surface area is 164 Å². The Kier molecular flexibility index (Phi) is 5.47. The lowest BCUT2D eigenvalue weighted by molar-refractivity contribution is -0.125. The second-order valence-electron chi connectivity index (χ2n) is 5.44. The molecule has 0 unspecified atom stereocenters. The third-order valence-electron chi connectivity index (χ3n) is 3.53. The van der Waals surface area contributed by atoms with E-state index in [9.17, 15) is 18.0 Å². The lowest BCUT2D eigenvalue weighted by Gasteiger charge is -2.13. The Balaban J connectivity index is 1.74. The number of amides is 2. The first-order chi connectivity index (χ1) is 12.2. The summed E-state index contributed by atoms with van der Waals surface area (Å²) < 4.78 is 27.3. The van der Waals surface area contributed by atoms with Gasteiger partial charge >= 0.3 is 0 Å². The number of hydrogen-bond donors (Lipinski definition) is 1. The number of thioether (sulfide) groups is 1. The fraction of sp³-hybridized carbons (Fsp3) is 0.125. The van der Waals surface area contributed by atoms with Gasteiger partial charge in [-0.05, 0) is 35.9 Å². The van der Waals surface area contributed by atoms with Crippen molar-refractivity contribution >= 4 is 61.8 Å². The third kappa shape index (κ3) is 4.32. The zero-order valence-electron chi connectivity index (χ0n) is 13.1. The van der Waals surface area contributed by atoms with Crippen molar-refractivity contribution in [1.82, 2.24) is 4.90 Å². The van der Waals surface area contributed by atoms with Crippen LogP contribution in [0.3, 0.4) is 0 Å². The summed E-state index contributed by atoms with van der Waals surface area (Å²) in [6, 6.07) is 10.4. The highest BCUT2D eigenvalue weighted by Gasteiger charge is 2.29. The van der Waals surface area contributed by atoms with E-state index in [1.165, 1.54) is 18.2 Å². The Morgan fingerprint density at radius 2 is 1.65 bits per heavy atom. The molecule has 10 heteroatoms. The second-order valence-corrected chi connectivity index (χ2v) is 8.92. The summed E-state index contributed by atoms with van der Waals surface area (Å²) in [5, 5.41) is 0.148. The highest BCUT2D eigenvalue weighted by molar-refractivity contribution is 8.14. The van der Waals surface area contributed by atoms with E-state index in [0.29, 0.717) is 11.3 Å². The van der Waals surface area contributed by atoms with Gasteiger partial charge in [-0.25, -0.2) is 8.42 Å². The Morgan fingerprint density at radius 1 is 1.04 bits per heavy atom. The summed E-state index contributed by atoms with van der Waals surface area (Å²) in [6.45, 7) is 0.154. The molecule has 0 aliphatic carbocycles. The maximum Gasteiger partial charge on any atom is 0.289 e. The molecule has 2 amide bonds. The second kappa shape index (κ2) is 7.48. The van der Waals surface area contributed by atoms with E-state index in [1.54, 1.807) is 24.3 Å². The van der Waals surface area contributed by atoms with Crippen LogP contribution in [0.15, 0.2) is 47.4 Å².